The number of amides is 1. The van der Waals surface area contributed by atoms with Gasteiger partial charge in [0.15, 0.2) is 5.43 Å². The molecule has 0 radical (unpaired) electrons. The highest BCUT2D eigenvalue weighted by Gasteiger charge is 2.27. The van der Waals surface area contributed by atoms with E-state index >= 15 is 0 Å². The minimum Gasteiger partial charge on any atom is -0.354 e. The van der Waals surface area contributed by atoms with Crippen LogP contribution in [0, 0.1) is 12.8 Å². The average Bonchev–Trinajstić information content (AvgIpc) is 2.64. The van der Waals surface area contributed by atoms with Crippen molar-refractivity contribution < 1.29 is 4.79 Å². The SMILES string of the molecule is Cc1cc(=O)c(C(=O)NC[C@@H]2CCCN(C3CCCCC3)C2)cn1C. The van der Waals surface area contributed by atoms with Crippen molar-refractivity contribution in [2.45, 2.75) is 57.9 Å². The van der Waals surface area contributed by atoms with Gasteiger partial charge in [0, 0.05) is 44.1 Å². The lowest BCUT2D eigenvalue weighted by Gasteiger charge is -2.40. The number of likely N-dealkylation sites (tertiary alicyclic amines) is 1. The minimum absolute atomic E-state index is 0.194. The third kappa shape index (κ3) is 4.51. The molecule has 3 rings (SSSR count). The molecular formula is C20H31N3O2. The van der Waals surface area contributed by atoms with Gasteiger partial charge < -0.3 is 14.8 Å². The fourth-order valence-electron chi connectivity index (χ4n) is 4.27. The van der Waals surface area contributed by atoms with Crippen LogP contribution in [0.5, 0.6) is 0 Å². The van der Waals surface area contributed by atoms with E-state index in [4.69, 9.17) is 0 Å². The number of nitrogens with one attached hydrogen (secondary N) is 1. The lowest BCUT2D eigenvalue weighted by Crippen LogP contribution is -2.46. The lowest BCUT2D eigenvalue weighted by molar-refractivity contribution is 0.0865. The van der Waals surface area contributed by atoms with Crippen molar-refractivity contribution in [2.75, 3.05) is 19.6 Å². The van der Waals surface area contributed by atoms with Gasteiger partial charge in [-0.2, -0.15) is 0 Å². The molecule has 1 saturated carbocycles. The Morgan fingerprint density at radius 1 is 1.20 bits per heavy atom. The normalized spacial score (nSPS) is 22.7. The molecule has 0 bridgehead atoms. The molecular weight excluding hydrogens is 314 g/mol. The molecule has 2 fully saturated rings. The quantitative estimate of drug-likeness (QED) is 0.912. The van der Waals surface area contributed by atoms with E-state index < -0.39 is 0 Å². The molecule has 2 aliphatic rings. The van der Waals surface area contributed by atoms with Crippen LogP contribution in [0.15, 0.2) is 17.1 Å². The van der Waals surface area contributed by atoms with E-state index in [0.717, 1.165) is 24.7 Å². The molecule has 0 spiro atoms. The Labute approximate surface area is 150 Å². The number of nitrogens with zero attached hydrogens (tertiary/aromatic N) is 2. The number of aryl methyl sites for hydroxylation is 2. The molecule has 1 N–H and O–H groups in total. The Kier molecular flexibility index (Phi) is 5.94. The molecule has 1 amide bonds. The highest BCUT2D eigenvalue weighted by molar-refractivity contribution is 5.93. The Morgan fingerprint density at radius 2 is 1.96 bits per heavy atom. The first-order valence-corrected chi connectivity index (χ1v) is 9.74. The van der Waals surface area contributed by atoms with E-state index in [0.29, 0.717) is 12.5 Å². The van der Waals surface area contributed by atoms with Crippen molar-refractivity contribution in [3.05, 3.63) is 33.7 Å². The third-order valence-corrected chi connectivity index (χ3v) is 5.92. The van der Waals surface area contributed by atoms with E-state index in [2.05, 4.69) is 10.2 Å². The van der Waals surface area contributed by atoms with Crippen molar-refractivity contribution in [2.24, 2.45) is 13.0 Å². The molecule has 1 aliphatic carbocycles. The Hall–Kier alpha value is -1.62. The summed E-state index contributed by atoms with van der Waals surface area (Å²) in [5, 5.41) is 3.00. The van der Waals surface area contributed by atoms with E-state index in [1.807, 2.05) is 18.5 Å². The summed E-state index contributed by atoms with van der Waals surface area (Å²) < 4.78 is 1.82. The van der Waals surface area contributed by atoms with Gasteiger partial charge in [0.25, 0.3) is 5.91 Å². The van der Waals surface area contributed by atoms with Crippen molar-refractivity contribution >= 4 is 5.91 Å². The van der Waals surface area contributed by atoms with Gasteiger partial charge in [-0.3, -0.25) is 9.59 Å². The summed E-state index contributed by atoms with van der Waals surface area (Å²) in [6, 6.07) is 2.28. The summed E-state index contributed by atoms with van der Waals surface area (Å²) in [4.78, 5) is 27.1. The van der Waals surface area contributed by atoms with Crippen molar-refractivity contribution in [1.82, 2.24) is 14.8 Å². The Bertz CT molecular complexity index is 661. The minimum atomic E-state index is -0.240. The van der Waals surface area contributed by atoms with Crippen LogP contribution >= 0.6 is 0 Å². The number of aromatic nitrogens is 1. The van der Waals surface area contributed by atoms with E-state index in [1.54, 1.807) is 6.20 Å². The first-order chi connectivity index (χ1) is 12.0. The fourth-order valence-corrected chi connectivity index (χ4v) is 4.27. The average molecular weight is 345 g/mol. The summed E-state index contributed by atoms with van der Waals surface area (Å²) in [5.41, 5.74) is 0.908. The topological polar surface area (TPSA) is 54.3 Å². The number of carbonyl (C=O) groups is 1. The van der Waals surface area contributed by atoms with Gasteiger partial charge in [0.05, 0.1) is 0 Å². The summed E-state index contributed by atoms with van der Waals surface area (Å²) in [6.45, 7) is 4.81. The molecule has 1 aromatic heterocycles. The van der Waals surface area contributed by atoms with Crippen LogP contribution in [0.2, 0.25) is 0 Å². The maximum absolute atomic E-state index is 12.4. The van der Waals surface area contributed by atoms with Crippen LogP contribution in [-0.2, 0) is 7.05 Å². The molecule has 1 saturated heterocycles. The van der Waals surface area contributed by atoms with Gasteiger partial charge in [0.1, 0.15) is 5.56 Å². The second-order valence-electron chi connectivity index (χ2n) is 7.81. The molecule has 0 aromatic carbocycles. The van der Waals surface area contributed by atoms with Crippen LogP contribution < -0.4 is 10.7 Å². The number of pyridine rings is 1. The van der Waals surface area contributed by atoms with Gasteiger partial charge in [-0.15, -0.1) is 0 Å². The Balaban J connectivity index is 1.55. The molecule has 5 heteroatoms. The van der Waals surface area contributed by atoms with Crippen LogP contribution in [0.25, 0.3) is 0 Å². The molecule has 2 heterocycles. The first-order valence-electron chi connectivity index (χ1n) is 9.74. The van der Waals surface area contributed by atoms with Crippen LogP contribution in [0.4, 0.5) is 0 Å². The molecule has 1 aromatic rings. The van der Waals surface area contributed by atoms with Crippen molar-refractivity contribution in [1.29, 1.82) is 0 Å². The van der Waals surface area contributed by atoms with Crippen LogP contribution in [-0.4, -0.2) is 41.1 Å². The number of hydrogen-bond acceptors (Lipinski definition) is 3. The van der Waals surface area contributed by atoms with Crippen LogP contribution in [0.1, 0.15) is 61.0 Å². The summed E-state index contributed by atoms with van der Waals surface area (Å²) in [5.74, 6) is 0.254. The second-order valence-corrected chi connectivity index (χ2v) is 7.81. The van der Waals surface area contributed by atoms with Gasteiger partial charge in [-0.05, 0) is 45.1 Å². The maximum Gasteiger partial charge on any atom is 0.256 e. The summed E-state index contributed by atoms with van der Waals surface area (Å²) >= 11 is 0. The van der Waals surface area contributed by atoms with Gasteiger partial charge >= 0.3 is 0 Å². The zero-order chi connectivity index (χ0) is 17.8. The standard InChI is InChI=1S/C20H31N3O2/c1-15-11-19(24)18(14-22(15)2)20(25)21-12-16-7-6-10-23(13-16)17-8-4-3-5-9-17/h11,14,16-17H,3-10,12-13H2,1-2H3,(H,21,25)/t16-/m0/s1. The first kappa shape index (κ1) is 18.2. The Morgan fingerprint density at radius 3 is 2.72 bits per heavy atom. The fraction of sp³-hybridized carbons (Fsp3) is 0.700. The molecule has 0 unspecified atom stereocenters. The molecule has 1 aliphatic heterocycles. The number of rotatable bonds is 4. The number of carbonyl (C=O) groups excluding carboxylic acids is 1. The van der Waals surface area contributed by atoms with Crippen molar-refractivity contribution in [3.8, 4) is 0 Å². The maximum atomic E-state index is 12.4. The zero-order valence-corrected chi connectivity index (χ0v) is 15.6. The predicted molar refractivity (Wildman–Crippen MR) is 99.9 cm³/mol. The summed E-state index contributed by atoms with van der Waals surface area (Å²) in [6.07, 6.45) is 10.8. The second kappa shape index (κ2) is 8.17. The molecule has 1 atom stereocenters. The van der Waals surface area contributed by atoms with E-state index in [9.17, 15) is 9.59 Å². The van der Waals surface area contributed by atoms with Crippen LogP contribution in [0.3, 0.4) is 0 Å². The summed E-state index contributed by atoms with van der Waals surface area (Å²) in [7, 11) is 1.86. The monoisotopic (exact) mass is 345 g/mol. The van der Waals surface area contributed by atoms with Gasteiger partial charge in [-0.1, -0.05) is 19.3 Å². The number of piperidine rings is 1. The third-order valence-electron chi connectivity index (χ3n) is 5.92. The highest BCUT2D eigenvalue weighted by Crippen LogP contribution is 2.26. The largest absolute Gasteiger partial charge is 0.354 e. The van der Waals surface area contributed by atoms with E-state index in [1.165, 1.54) is 51.1 Å². The lowest BCUT2D eigenvalue weighted by atomic mass is 9.90. The predicted octanol–water partition coefficient (Wildman–Crippen LogP) is 2.47. The van der Waals surface area contributed by atoms with Gasteiger partial charge in [0.2, 0.25) is 0 Å². The smallest absolute Gasteiger partial charge is 0.256 e. The number of hydrogen-bond donors (Lipinski definition) is 1. The molecule has 25 heavy (non-hydrogen) atoms. The zero-order valence-electron chi connectivity index (χ0n) is 15.6. The van der Waals surface area contributed by atoms with Gasteiger partial charge in [-0.25, -0.2) is 0 Å². The highest BCUT2D eigenvalue weighted by atomic mass is 16.2. The van der Waals surface area contributed by atoms with E-state index in [-0.39, 0.29) is 16.9 Å². The molecule has 5 nitrogen and oxygen atoms in total. The molecule has 138 valence electrons. The van der Waals surface area contributed by atoms with Crippen molar-refractivity contribution in [3.63, 3.8) is 0 Å².